The Balaban J connectivity index is 4.30. The number of allylic oxidation sites excluding steroid dienone is 14. The zero-order chi connectivity index (χ0) is 42.0. The van der Waals surface area contributed by atoms with Crippen LogP contribution in [-0.2, 0) is 27.9 Å². The molecule has 0 aromatic heterocycles. The number of phosphoric ester groups is 1. The second-order valence-corrected chi connectivity index (χ2v) is 17.1. The molecule has 0 aliphatic heterocycles. The highest BCUT2D eigenvalue weighted by Gasteiger charge is 2.26. The van der Waals surface area contributed by atoms with Crippen LogP contribution in [-0.4, -0.2) is 75.6 Å². The van der Waals surface area contributed by atoms with E-state index in [-0.39, 0.29) is 25.8 Å². The lowest BCUT2D eigenvalue weighted by atomic mass is 10.1. The number of unbranched alkanes of at least 4 members (excludes halogenated alkanes) is 12. The van der Waals surface area contributed by atoms with Crippen molar-refractivity contribution in [2.45, 2.75) is 161 Å². The Labute approximate surface area is 350 Å². The Bertz CT molecular complexity index is 1180. The molecular weight excluding hydrogens is 734 g/mol. The Kier molecular flexibility index (Phi) is 38.8. The third-order valence-electron chi connectivity index (χ3n) is 8.92. The highest BCUT2D eigenvalue weighted by molar-refractivity contribution is 7.47. The van der Waals surface area contributed by atoms with Gasteiger partial charge in [0, 0.05) is 13.0 Å². The number of likely N-dealkylation sites (N-methyl/N-ethyl adjacent to an activating group) is 1. The Morgan fingerprint density at radius 3 is 1.53 bits per heavy atom. The fraction of sp³-hybridized carbons (Fsp3) is 0.688. The standard InChI is InChI=1S/C48H84NO7P/c1-6-8-10-12-14-16-18-20-22-23-24-25-26-27-28-29-31-33-35-37-39-41-48(50)56-47(46-55-57(51,52)54-44-42-49(3,4)5)45-53-43-40-38-36-34-32-30-21-19-17-15-13-11-9-7-2/h8,10-11,13-14,16-17,19-20,22,24-25,27-28,47H,6-7,9,12,15,18,21,23,26,29-46H2,1-5H3/p+1/b10-8-,13-11-,16-14-,19-17-,22-20-,25-24-,28-27-. The summed E-state index contributed by atoms with van der Waals surface area (Å²) in [6.07, 6.45) is 53.3. The van der Waals surface area contributed by atoms with E-state index in [1.165, 1.54) is 25.7 Å². The van der Waals surface area contributed by atoms with Gasteiger partial charge in [0.15, 0.2) is 0 Å². The van der Waals surface area contributed by atoms with Gasteiger partial charge in [-0.1, -0.05) is 150 Å². The molecule has 0 heterocycles. The largest absolute Gasteiger partial charge is 0.472 e. The molecular formula is C48H85NO7P+. The van der Waals surface area contributed by atoms with Gasteiger partial charge in [-0.25, -0.2) is 4.57 Å². The van der Waals surface area contributed by atoms with Crippen molar-refractivity contribution in [3.05, 3.63) is 85.1 Å². The average Bonchev–Trinajstić information content (AvgIpc) is 3.16. The molecule has 0 aliphatic carbocycles. The summed E-state index contributed by atoms with van der Waals surface area (Å²) in [7, 11) is 1.63. The number of rotatable bonds is 40. The maximum Gasteiger partial charge on any atom is 0.472 e. The van der Waals surface area contributed by atoms with Crippen LogP contribution < -0.4 is 0 Å². The van der Waals surface area contributed by atoms with Crippen LogP contribution in [0.2, 0.25) is 0 Å². The first kappa shape index (κ1) is 54.7. The molecule has 328 valence electrons. The van der Waals surface area contributed by atoms with Gasteiger partial charge in [-0.15, -0.1) is 0 Å². The molecule has 0 saturated carbocycles. The first-order valence-corrected chi connectivity index (χ1v) is 23.8. The molecule has 0 aromatic rings. The number of esters is 1. The third-order valence-corrected chi connectivity index (χ3v) is 9.91. The van der Waals surface area contributed by atoms with Gasteiger partial charge in [0.05, 0.1) is 34.4 Å². The SMILES string of the molecule is CC/C=C\C/C=C\C/C=C\C/C=C\C/C=C\CCCCCCCC(=O)OC(COCCCCCCCC/C=C\C/C=C\CCC)COP(=O)(O)OCC[N+](C)(C)C. The zero-order valence-corrected chi connectivity index (χ0v) is 37.9. The Morgan fingerprint density at radius 1 is 0.561 bits per heavy atom. The predicted octanol–water partition coefficient (Wildman–Crippen LogP) is 13.3. The van der Waals surface area contributed by atoms with Crippen LogP contribution in [0.3, 0.4) is 0 Å². The van der Waals surface area contributed by atoms with Crippen LogP contribution in [0.25, 0.3) is 0 Å². The van der Waals surface area contributed by atoms with Crippen LogP contribution >= 0.6 is 7.82 Å². The van der Waals surface area contributed by atoms with Gasteiger partial charge >= 0.3 is 13.8 Å². The van der Waals surface area contributed by atoms with E-state index in [1.54, 1.807) is 0 Å². The summed E-state index contributed by atoms with van der Waals surface area (Å²) >= 11 is 0. The summed E-state index contributed by atoms with van der Waals surface area (Å²) in [6.45, 7) is 5.37. The fourth-order valence-corrected chi connectivity index (χ4v) is 6.24. The minimum Gasteiger partial charge on any atom is -0.457 e. The van der Waals surface area contributed by atoms with Gasteiger partial charge in [-0.05, 0) is 83.5 Å². The Hall–Kier alpha value is -2.32. The van der Waals surface area contributed by atoms with Crippen molar-refractivity contribution in [2.75, 3.05) is 54.1 Å². The second kappa shape index (κ2) is 40.5. The molecule has 0 aromatic carbocycles. The molecule has 57 heavy (non-hydrogen) atoms. The van der Waals surface area contributed by atoms with Crippen LogP contribution in [0.1, 0.15) is 155 Å². The van der Waals surface area contributed by atoms with Crippen molar-refractivity contribution < 1.29 is 37.3 Å². The Morgan fingerprint density at radius 2 is 1.02 bits per heavy atom. The second-order valence-electron chi connectivity index (χ2n) is 15.7. The number of carbonyl (C=O) groups is 1. The molecule has 0 radical (unpaired) electrons. The third kappa shape index (κ3) is 44.6. The van der Waals surface area contributed by atoms with Crippen molar-refractivity contribution in [3.8, 4) is 0 Å². The van der Waals surface area contributed by atoms with E-state index in [9.17, 15) is 14.3 Å². The van der Waals surface area contributed by atoms with Gasteiger partial charge in [-0.2, -0.15) is 0 Å². The van der Waals surface area contributed by atoms with Crippen LogP contribution in [0.15, 0.2) is 85.1 Å². The van der Waals surface area contributed by atoms with Crippen molar-refractivity contribution in [3.63, 3.8) is 0 Å². The van der Waals surface area contributed by atoms with Crippen molar-refractivity contribution in [1.29, 1.82) is 0 Å². The summed E-state index contributed by atoms with van der Waals surface area (Å²) in [6, 6.07) is 0. The number of nitrogens with zero attached hydrogens (tertiary/aromatic N) is 1. The molecule has 9 heteroatoms. The van der Waals surface area contributed by atoms with Crippen LogP contribution in [0, 0.1) is 0 Å². The highest BCUT2D eigenvalue weighted by atomic mass is 31.2. The lowest BCUT2D eigenvalue weighted by Crippen LogP contribution is -2.37. The number of hydrogen-bond donors (Lipinski definition) is 1. The molecule has 2 unspecified atom stereocenters. The first-order chi connectivity index (χ1) is 27.6. The normalized spacial score (nSPS) is 14.6. The molecule has 0 spiro atoms. The number of quaternary nitrogens is 1. The van der Waals surface area contributed by atoms with Crippen molar-refractivity contribution in [2.24, 2.45) is 0 Å². The van der Waals surface area contributed by atoms with E-state index < -0.39 is 13.9 Å². The number of hydrogen-bond acceptors (Lipinski definition) is 6. The molecule has 1 N–H and O–H groups in total. The van der Waals surface area contributed by atoms with Gasteiger partial charge < -0.3 is 18.9 Å². The smallest absolute Gasteiger partial charge is 0.457 e. The maximum atomic E-state index is 12.7. The molecule has 2 atom stereocenters. The molecule has 0 aliphatic rings. The highest BCUT2D eigenvalue weighted by Crippen LogP contribution is 2.43. The summed E-state index contributed by atoms with van der Waals surface area (Å²) in [5.41, 5.74) is 0. The zero-order valence-electron chi connectivity index (χ0n) is 37.0. The molecule has 0 amide bonds. The summed E-state index contributed by atoms with van der Waals surface area (Å²) in [4.78, 5) is 22.9. The molecule has 8 nitrogen and oxygen atoms in total. The van der Waals surface area contributed by atoms with Crippen LogP contribution in [0.5, 0.6) is 0 Å². The minimum absolute atomic E-state index is 0.0774. The van der Waals surface area contributed by atoms with E-state index in [4.69, 9.17) is 18.5 Å². The quantitative estimate of drug-likeness (QED) is 0.0216. The first-order valence-electron chi connectivity index (χ1n) is 22.3. The topological polar surface area (TPSA) is 91.3 Å². The lowest BCUT2D eigenvalue weighted by Gasteiger charge is -2.24. The van der Waals surface area contributed by atoms with Crippen molar-refractivity contribution in [1.82, 2.24) is 0 Å². The van der Waals surface area contributed by atoms with E-state index in [0.717, 1.165) is 109 Å². The van der Waals surface area contributed by atoms with Crippen LogP contribution in [0.4, 0.5) is 0 Å². The number of ether oxygens (including phenoxy) is 2. The molecule has 0 bridgehead atoms. The summed E-state index contributed by atoms with van der Waals surface area (Å²) in [5.74, 6) is -0.340. The minimum atomic E-state index is -4.29. The van der Waals surface area contributed by atoms with Gasteiger partial charge in [0.25, 0.3) is 0 Å². The van der Waals surface area contributed by atoms with E-state index >= 15 is 0 Å². The average molecular weight is 819 g/mol. The van der Waals surface area contributed by atoms with Gasteiger partial charge in [0.1, 0.15) is 19.3 Å². The van der Waals surface area contributed by atoms with Crippen molar-refractivity contribution >= 4 is 13.8 Å². The molecule has 0 fully saturated rings. The van der Waals surface area contributed by atoms with Gasteiger partial charge in [-0.3, -0.25) is 13.8 Å². The van der Waals surface area contributed by atoms with E-state index in [1.807, 2.05) is 21.1 Å². The predicted molar refractivity (Wildman–Crippen MR) is 242 cm³/mol. The number of carbonyl (C=O) groups excluding carboxylic acids is 1. The molecule has 0 rings (SSSR count). The summed E-state index contributed by atoms with van der Waals surface area (Å²) < 4.78 is 35.0. The monoisotopic (exact) mass is 819 g/mol. The van der Waals surface area contributed by atoms with E-state index in [2.05, 4.69) is 98.9 Å². The maximum absolute atomic E-state index is 12.7. The lowest BCUT2D eigenvalue weighted by molar-refractivity contribution is -0.870. The molecule has 0 saturated heterocycles. The fourth-order valence-electron chi connectivity index (χ4n) is 5.50. The summed E-state index contributed by atoms with van der Waals surface area (Å²) in [5, 5.41) is 0. The van der Waals surface area contributed by atoms with Gasteiger partial charge in [0.2, 0.25) is 0 Å². The van der Waals surface area contributed by atoms with E-state index in [0.29, 0.717) is 24.1 Å². The number of phosphoric acid groups is 1.